The summed E-state index contributed by atoms with van der Waals surface area (Å²) < 4.78 is 35.5. The molecule has 0 saturated carbocycles. The molecule has 0 aliphatic rings. The molecule has 20 heavy (non-hydrogen) atoms. The fraction of sp³-hybridized carbons (Fsp3) is 0.273. The smallest absolute Gasteiger partial charge is 0.215 e. The van der Waals surface area contributed by atoms with E-state index < -0.39 is 10.0 Å². The lowest BCUT2D eigenvalue weighted by Gasteiger charge is -2.09. The van der Waals surface area contributed by atoms with E-state index in [1.165, 1.54) is 0 Å². The summed E-state index contributed by atoms with van der Waals surface area (Å²) in [7, 11) is -3.48. The molecule has 0 radical (unpaired) electrons. The molecule has 0 saturated heterocycles. The van der Waals surface area contributed by atoms with E-state index in [2.05, 4.69) is 19.4 Å². The van der Waals surface area contributed by atoms with Gasteiger partial charge in [-0.05, 0) is 12.1 Å². The van der Waals surface area contributed by atoms with Gasteiger partial charge in [0.25, 0.3) is 0 Å². The normalized spacial score (nSPS) is 11.4. The number of ether oxygens (including phenoxy) is 1. The van der Waals surface area contributed by atoms with Crippen molar-refractivity contribution in [2.24, 2.45) is 0 Å². The number of anilines is 1. The number of aromatic nitrogens is 2. The molecule has 0 amide bonds. The standard InChI is InChI=1S/C11H14N4O4S/c12-9-3-1-2-4-10(9)18-5-6-20(16,17)14-7-11-13-8-19-15-11/h1-4,8,14H,5-7,12H2. The van der Waals surface area contributed by atoms with Gasteiger partial charge >= 0.3 is 0 Å². The summed E-state index contributed by atoms with van der Waals surface area (Å²) in [6, 6.07) is 6.88. The van der Waals surface area contributed by atoms with Gasteiger partial charge in [-0.15, -0.1) is 0 Å². The maximum atomic E-state index is 11.7. The van der Waals surface area contributed by atoms with Crippen LogP contribution < -0.4 is 15.2 Å². The van der Waals surface area contributed by atoms with E-state index in [0.29, 0.717) is 11.4 Å². The third-order valence-electron chi connectivity index (χ3n) is 2.39. The summed E-state index contributed by atoms with van der Waals surface area (Å²) >= 11 is 0. The molecule has 2 aromatic rings. The Balaban J connectivity index is 1.79. The van der Waals surface area contributed by atoms with Crippen molar-refractivity contribution >= 4 is 15.7 Å². The zero-order valence-corrected chi connectivity index (χ0v) is 11.3. The van der Waals surface area contributed by atoms with Gasteiger partial charge in [0.05, 0.1) is 18.0 Å². The van der Waals surface area contributed by atoms with Gasteiger partial charge in [0, 0.05) is 0 Å². The second-order valence-corrected chi connectivity index (χ2v) is 5.80. The summed E-state index contributed by atoms with van der Waals surface area (Å²) in [6.45, 7) is -0.0257. The highest BCUT2D eigenvalue weighted by Gasteiger charge is 2.12. The number of hydrogen-bond donors (Lipinski definition) is 2. The van der Waals surface area contributed by atoms with E-state index >= 15 is 0 Å². The Morgan fingerprint density at radius 1 is 1.35 bits per heavy atom. The van der Waals surface area contributed by atoms with Crippen molar-refractivity contribution in [3.05, 3.63) is 36.5 Å². The first-order valence-corrected chi connectivity index (χ1v) is 7.42. The minimum Gasteiger partial charge on any atom is -0.490 e. The van der Waals surface area contributed by atoms with Gasteiger partial charge < -0.3 is 15.0 Å². The van der Waals surface area contributed by atoms with Crippen molar-refractivity contribution < 1.29 is 17.7 Å². The van der Waals surface area contributed by atoms with Crippen LogP contribution in [-0.2, 0) is 16.6 Å². The van der Waals surface area contributed by atoms with Gasteiger partial charge in [0.2, 0.25) is 16.4 Å². The molecule has 1 heterocycles. The average molecular weight is 298 g/mol. The Labute approximate surface area is 116 Å². The molecule has 0 unspecified atom stereocenters. The van der Waals surface area contributed by atoms with Crippen molar-refractivity contribution in [1.82, 2.24) is 14.9 Å². The Hall–Kier alpha value is -2.13. The Kier molecular flexibility index (Phi) is 4.53. The van der Waals surface area contributed by atoms with Crippen molar-refractivity contribution in [1.29, 1.82) is 0 Å². The number of nitrogens with one attached hydrogen (secondary N) is 1. The maximum Gasteiger partial charge on any atom is 0.215 e. The molecule has 0 spiro atoms. The summed E-state index contributed by atoms with van der Waals surface area (Å²) in [5.74, 6) is 0.529. The molecule has 3 N–H and O–H groups in total. The van der Waals surface area contributed by atoms with Crippen molar-refractivity contribution in [2.45, 2.75) is 6.54 Å². The van der Waals surface area contributed by atoms with E-state index in [-0.39, 0.29) is 24.7 Å². The predicted octanol–water partition coefficient (Wildman–Crippen LogP) is 0.150. The molecule has 8 nitrogen and oxygen atoms in total. The van der Waals surface area contributed by atoms with Crippen LogP contribution in [0, 0.1) is 0 Å². The third kappa shape index (κ3) is 4.21. The molecule has 108 valence electrons. The molecule has 9 heteroatoms. The van der Waals surface area contributed by atoms with Crippen molar-refractivity contribution in [3.63, 3.8) is 0 Å². The number of hydrogen-bond acceptors (Lipinski definition) is 7. The fourth-order valence-corrected chi connectivity index (χ4v) is 2.19. The van der Waals surface area contributed by atoms with Crippen LogP contribution in [0.4, 0.5) is 5.69 Å². The zero-order chi connectivity index (χ0) is 14.4. The molecule has 0 aliphatic heterocycles. The van der Waals surface area contributed by atoms with Crippen LogP contribution in [0.25, 0.3) is 0 Å². The molecule has 0 aliphatic carbocycles. The molecule has 0 fully saturated rings. The highest BCUT2D eigenvalue weighted by Crippen LogP contribution is 2.19. The van der Waals surface area contributed by atoms with Gasteiger partial charge in [-0.3, -0.25) is 0 Å². The van der Waals surface area contributed by atoms with Gasteiger partial charge in [-0.1, -0.05) is 17.3 Å². The number of nitrogens with two attached hydrogens (primary N) is 1. The van der Waals surface area contributed by atoms with Crippen LogP contribution in [0.1, 0.15) is 5.82 Å². The van der Waals surface area contributed by atoms with Crippen LogP contribution in [-0.4, -0.2) is 30.9 Å². The second kappa shape index (κ2) is 6.35. The molecular formula is C11H14N4O4S. The first-order valence-electron chi connectivity index (χ1n) is 5.77. The monoisotopic (exact) mass is 298 g/mol. The average Bonchev–Trinajstić information content (AvgIpc) is 2.92. The lowest BCUT2D eigenvalue weighted by molar-refractivity contribution is 0.342. The van der Waals surface area contributed by atoms with E-state index in [4.69, 9.17) is 10.5 Å². The SMILES string of the molecule is Nc1ccccc1OCCS(=O)(=O)NCc1ncon1. The summed E-state index contributed by atoms with van der Waals surface area (Å²) in [6.07, 6.45) is 1.13. The first kappa shape index (κ1) is 14.3. The van der Waals surface area contributed by atoms with Crippen molar-refractivity contribution in [3.8, 4) is 5.75 Å². The van der Waals surface area contributed by atoms with E-state index in [1.807, 2.05) is 0 Å². The minimum atomic E-state index is -3.48. The van der Waals surface area contributed by atoms with E-state index in [9.17, 15) is 8.42 Å². The fourth-order valence-electron chi connectivity index (χ4n) is 1.39. The highest BCUT2D eigenvalue weighted by molar-refractivity contribution is 7.89. The van der Waals surface area contributed by atoms with Crippen LogP contribution >= 0.6 is 0 Å². The van der Waals surface area contributed by atoms with Gasteiger partial charge in [0.1, 0.15) is 12.4 Å². The van der Waals surface area contributed by atoms with Gasteiger partial charge in [0.15, 0.2) is 5.82 Å². The van der Waals surface area contributed by atoms with Gasteiger partial charge in [-0.25, -0.2) is 13.1 Å². The number of sulfonamides is 1. The molecule has 0 bridgehead atoms. The molecule has 1 aromatic heterocycles. The van der Waals surface area contributed by atoms with Crippen LogP contribution in [0.2, 0.25) is 0 Å². The summed E-state index contributed by atoms with van der Waals surface area (Å²) in [5, 5.41) is 3.50. The molecule has 0 atom stereocenters. The predicted molar refractivity (Wildman–Crippen MR) is 71.3 cm³/mol. The van der Waals surface area contributed by atoms with Crippen LogP contribution in [0.5, 0.6) is 5.75 Å². The second-order valence-electron chi connectivity index (χ2n) is 3.87. The maximum absolute atomic E-state index is 11.7. The van der Waals surface area contributed by atoms with Crippen LogP contribution in [0.3, 0.4) is 0 Å². The van der Waals surface area contributed by atoms with Gasteiger partial charge in [-0.2, -0.15) is 4.98 Å². The van der Waals surface area contributed by atoms with E-state index in [1.54, 1.807) is 24.3 Å². The zero-order valence-electron chi connectivity index (χ0n) is 10.5. The highest BCUT2D eigenvalue weighted by atomic mass is 32.2. The molecule has 1 aromatic carbocycles. The lowest BCUT2D eigenvalue weighted by Crippen LogP contribution is -2.29. The lowest BCUT2D eigenvalue weighted by atomic mass is 10.3. The quantitative estimate of drug-likeness (QED) is 0.698. The third-order valence-corrected chi connectivity index (χ3v) is 3.67. The Bertz CT molecular complexity index is 642. The first-order chi connectivity index (χ1) is 9.57. The molecule has 2 rings (SSSR count). The Morgan fingerprint density at radius 2 is 2.15 bits per heavy atom. The summed E-state index contributed by atoms with van der Waals surface area (Å²) in [5.41, 5.74) is 6.14. The Morgan fingerprint density at radius 3 is 2.85 bits per heavy atom. The van der Waals surface area contributed by atoms with Crippen molar-refractivity contribution in [2.75, 3.05) is 18.1 Å². The number of nitrogens with zero attached hydrogens (tertiary/aromatic N) is 2. The summed E-state index contributed by atoms with van der Waals surface area (Å²) in [4.78, 5) is 3.71. The largest absolute Gasteiger partial charge is 0.490 e. The number of rotatable bonds is 7. The number of para-hydroxylation sites is 2. The van der Waals surface area contributed by atoms with E-state index in [0.717, 1.165) is 6.39 Å². The number of benzene rings is 1. The van der Waals surface area contributed by atoms with Crippen LogP contribution in [0.15, 0.2) is 35.2 Å². The minimum absolute atomic E-state index is 0.00418. The topological polar surface area (TPSA) is 120 Å². The molecular weight excluding hydrogens is 284 g/mol. The number of nitrogen functional groups attached to an aromatic ring is 1.